The van der Waals surface area contributed by atoms with E-state index in [-0.39, 0.29) is 0 Å². The number of hydrogen-bond donors (Lipinski definition) is 1. The zero-order chi connectivity index (χ0) is 9.84. The van der Waals surface area contributed by atoms with Gasteiger partial charge in [0.2, 0.25) is 0 Å². The number of aldehydes is 1. The molecule has 3 heteroatoms. The van der Waals surface area contributed by atoms with Gasteiger partial charge in [-0.05, 0) is 18.6 Å². The topological polar surface area (TPSA) is 32.3 Å². The molecule has 0 heterocycles. The molecule has 0 aliphatic rings. The molecule has 0 radical (unpaired) electrons. The lowest BCUT2D eigenvalue weighted by Crippen LogP contribution is -2.31. The first-order valence-corrected chi connectivity index (χ1v) is 4.16. The second kappa shape index (κ2) is 4.05. The predicted octanol–water partition coefficient (Wildman–Crippen LogP) is 1.38. The summed E-state index contributed by atoms with van der Waals surface area (Å²) in [5.41, 5.74) is 5.69. The fraction of sp³-hybridized carbons (Fsp3) is 0.300. The number of hydrazine groups is 1. The molecular formula is C10H14N2O. The molecule has 0 spiro atoms. The lowest BCUT2D eigenvalue weighted by molar-refractivity contribution is 0.112. The first kappa shape index (κ1) is 9.74. The van der Waals surface area contributed by atoms with Crippen LogP contribution in [0.4, 0.5) is 5.69 Å². The molecule has 1 aromatic rings. The number of carbonyl (C=O) groups is 1. The molecule has 13 heavy (non-hydrogen) atoms. The van der Waals surface area contributed by atoms with E-state index < -0.39 is 0 Å². The number of aryl methyl sites for hydroxylation is 1. The molecule has 0 saturated heterocycles. The van der Waals surface area contributed by atoms with Crippen molar-refractivity contribution < 1.29 is 4.79 Å². The van der Waals surface area contributed by atoms with Crippen LogP contribution in [0.1, 0.15) is 15.9 Å². The maximum atomic E-state index is 10.7. The van der Waals surface area contributed by atoms with E-state index in [0.717, 1.165) is 17.5 Å². The van der Waals surface area contributed by atoms with E-state index in [4.69, 9.17) is 0 Å². The fourth-order valence-corrected chi connectivity index (χ4v) is 1.35. The predicted molar refractivity (Wildman–Crippen MR) is 54.0 cm³/mol. The molecule has 0 aliphatic heterocycles. The van der Waals surface area contributed by atoms with Gasteiger partial charge in [0.05, 0.1) is 5.69 Å². The highest BCUT2D eigenvalue weighted by atomic mass is 16.1. The Bertz CT molecular complexity index is 310. The van der Waals surface area contributed by atoms with Gasteiger partial charge in [0.1, 0.15) is 0 Å². The van der Waals surface area contributed by atoms with Crippen LogP contribution in [0.5, 0.6) is 0 Å². The summed E-state index contributed by atoms with van der Waals surface area (Å²) in [6.45, 7) is 1.98. The lowest BCUT2D eigenvalue weighted by atomic mass is 10.1. The van der Waals surface area contributed by atoms with E-state index >= 15 is 0 Å². The Hall–Kier alpha value is -1.35. The number of anilines is 1. The van der Waals surface area contributed by atoms with Gasteiger partial charge in [0.25, 0.3) is 0 Å². The van der Waals surface area contributed by atoms with Gasteiger partial charge < -0.3 is 5.01 Å². The van der Waals surface area contributed by atoms with Gasteiger partial charge in [-0.15, -0.1) is 0 Å². The molecule has 1 rings (SSSR count). The Labute approximate surface area is 78.3 Å². The number of hydrogen-bond acceptors (Lipinski definition) is 3. The molecule has 0 atom stereocenters. The average molecular weight is 178 g/mol. The van der Waals surface area contributed by atoms with Crippen LogP contribution < -0.4 is 10.4 Å². The number of para-hydroxylation sites is 1. The van der Waals surface area contributed by atoms with Crippen LogP contribution in [-0.4, -0.2) is 20.4 Å². The summed E-state index contributed by atoms with van der Waals surface area (Å²) >= 11 is 0. The van der Waals surface area contributed by atoms with Gasteiger partial charge in [-0.2, -0.15) is 0 Å². The van der Waals surface area contributed by atoms with Crippen LogP contribution in [0.3, 0.4) is 0 Å². The Morgan fingerprint density at radius 2 is 2.15 bits per heavy atom. The van der Waals surface area contributed by atoms with Crippen LogP contribution >= 0.6 is 0 Å². The minimum Gasteiger partial charge on any atom is -0.311 e. The van der Waals surface area contributed by atoms with Gasteiger partial charge in [0, 0.05) is 19.7 Å². The zero-order valence-electron chi connectivity index (χ0n) is 8.16. The molecule has 3 nitrogen and oxygen atoms in total. The highest BCUT2D eigenvalue weighted by Gasteiger charge is 2.07. The molecule has 0 fully saturated rings. The van der Waals surface area contributed by atoms with Crippen molar-refractivity contribution in [1.82, 2.24) is 5.43 Å². The second-order valence-electron chi connectivity index (χ2n) is 2.91. The Kier molecular flexibility index (Phi) is 3.03. The van der Waals surface area contributed by atoms with Gasteiger partial charge >= 0.3 is 0 Å². The van der Waals surface area contributed by atoms with Crippen molar-refractivity contribution in [1.29, 1.82) is 0 Å². The number of nitrogens with zero attached hydrogens (tertiary/aromatic N) is 1. The minimum atomic E-state index is 0.705. The van der Waals surface area contributed by atoms with Crippen LogP contribution in [-0.2, 0) is 0 Å². The summed E-state index contributed by atoms with van der Waals surface area (Å²) in [4.78, 5) is 10.7. The van der Waals surface area contributed by atoms with Crippen molar-refractivity contribution in [2.45, 2.75) is 6.92 Å². The molecule has 0 saturated carbocycles. The molecule has 70 valence electrons. The van der Waals surface area contributed by atoms with E-state index in [1.54, 1.807) is 0 Å². The summed E-state index contributed by atoms with van der Waals surface area (Å²) in [6.07, 6.45) is 0.871. The van der Waals surface area contributed by atoms with Crippen molar-refractivity contribution in [3.05, 3.63) is 29.3 Å². The summed E-state index contributed by atoms with van der Waals surface area (Å²) in [5, 5.41) is 1.83. The van der Waals surface area contributed by atoms with Crippen molar-refractivity contribution in [2.75, 3.05) is 19.1 Å². The van der Waals surface area contributed by atoms with Gasteiger partial charge in [-0.3, -0.25) is 4.79 Å². The lowest BCUT2D eigenvalue weighted by Gasteiger charge is -2.21. The van der Waals surface area contributed by atoms with Gasteiger partial charge in [-0.1, -0.05) is 12.1 Å². The highest BCUT2D eigenvalue weighted by Crippen LogP contribution is 2.20. The molecule has 0 amide bonds. The van der Waals surface area contributed by atoms with E-state index in [1.807, 2.05) is 44.2 Å². The largest absolute Gasteiger partial charge is 0.311 e. The maximum absolute atomic E-state index is 10.7. The van der Waals surface area contributed by atoms with Crippen molar-refractivity contribution >= 4 is 12.0 Å². The summed E-state index contributed by atoms with van der Waals surface area (Å²) < 4.78 is 0. The molecular weight excluding hydrogens is 164 g/mol. The Morgan fingerprint density at radius 3 is 2.69 bits per heavy atom. The smallest absolute Gasteiger partial charge is 0.152 e. The van der Waals surface area contributed by atoms with Crippen LogP contribution in [0.2, 0.25) is 0 Å². The first-order chi connectivity index (χ1) is 6.20. The third-order valence-corrected chi connectivity index (χ3v) is 2.07. The molecule has 0 aliphatic carbocycles. The van der Waals surface area contributed by atoms with E-state index in [9.17, 15) is 4.79 Å². The maximum Gasteiger partial charge on any atom is 0.152 e. The highest BCUT2D eigenvalue weighted by molar-refractivity contribution is 5.85. The molecule has 1 aromatic carbocycles. The number of carbonyl (C=O) groups excluding carboxylic acids is 1. The average Bonchev–Trinajstić information content (AvgIpc) is 2.16. The second-order valence-corrected chi connectivity index (χ2v) is 2.91. The summed E-state index contributed by atoms with van der Waals surface area (Å²) in [7, 11) is 3.70. The van der Waals surface area contributed by atoms with Crippen molar-refractivity contribution in [2.24, 2.45) is 0 Å². The molecule has 0 aromatic heterocycles. The molecule has 1 N–H and O–H groups in total. The first-order valence-electron chi connectivity index (χ1n) is 4.16. The third kappa shape index (κ3) is 1.87. The fourth-order valence-electron chi connectivity index (χ4n) is 1.35. The minimum absolute atomic E-state index is 0.705. The quantitative estimate of drug-likeness (QED) is 0.560. The third-order valence-electron chi connectivity index (χ3n) is 2.07. The van der Waals surface area contributed by atoms with Crippen LogP contribution in [0.25, 0.3) is 0 Å². The summed E-state index contributed by atoms with van der Waals surface area (Å²) in [6, 6.07) is 5.67. The molecule has 0 unspecified atom stereocenters. The molecule has 0 bridgehead atoms. The van der Waals surface area contributed by atoms with Crippen LogP contribution in [0.15, 0.2) is 18.2 Å². The normalized spacial score (nSPS) is 9.77. The van der Waals surface area contributed by atoms with Crippen LogP contribution in [0, 0.1) is 6.92 Å². The van der Waals surface area contributed by atoms with Crippen molar-refractivity contribution in [3.63, 3.8) is 0 Å². The van der Waals surface area contributed by atoms with E-state index in [0.29, 0.717) is 5.56 Å². The van der Waals surface area contributed by atoms with E-state index in [1.165, 1.54) is 0 Å². The number of rotatable bonds is 3. The Morgan fingerprint density at radius 1 is 1.46 bits per heavy atom. The van der Waals surface area contributed by atoms with E-state index in [2.05, 4.69) is 5.43 Å². The number of nitrogens with one attached hydrogen (secondary N) is 1. The number of benzene rings is 1. The Balaban J connectivity index is 3.22. The van der Waals surface area contributed by atoms with Gasteiger partial charge in [0.15, 0.2) is 6.29 Å². The zero-order valence-corrected chi connectivity index (χ0v) is 8.16. The monoisotopic (exact) mass is 178 g/mol. The van der Waals surface area contributed by atoms with Crippen molar-refractivity contribution in [3.8, 4) is 0 Å². The summed E-state index contributed by atoms with van der Waals surface area (Å²) in [5.74, 6) is 0. The van der Waals surface area contributed by atoms with Gasteiger partial charge in [-0.25, -0.2) is 5.43 Å². The SMILES string of the molecule is CNN(C)c1c(C)cccc1C=O. The standard InChI is InChI=1S/C10H14N2O/c1-8-5-4-6-9(7-13)10(8)12(3)11-2/h4-7,11H,1-3H3.